The van der Waals surface area contributed by atoms with Gasteiger partial charge < -0.3 is 30.1 Å². The van der Waals surface area contributed by atoms with Crippen molar-refractivity contribution in [3.63, 3.8) is 0 Å². The van der Waals surface area contributed by atoms with Gasteiger partial charge in [0.25, 0.3) is 5.91 Å². The lowest BCUT2D eigenvalue weighted by molar-refractivity contribution is -0.164. The molecule has 3 N–H and O–H groups in total. The minimum atomic E-state index is -0.917. The molecular weight excluding hydrogens is 570 g/mol. The second-order valence-electron chi connectivity index (χ2n) is 10.3. The summed E-state index contributed by atoms with van der Waals surface area (Å²) in [6.07, 6.45) is 1.55. The SMILES string of the molecule is C=CCOC(=O)C1=C(S[C@H]2C[C@@H](C(=O)N=C(N)N3CCSCC3)N(C(=O)OCC=C)C2)[C@H](C)[C@@H]2[C@@H]([C@@H](C)O)C(=O)N12. The van der Waals surface area contributed by atoms with Crippen LogP contribution in [-0.2, 0) is 23.9 Å². The number of aliphatic hydroxyl groups is 1. The average molecular weight is 608 g/mol. The maximum absolute atomic E-state index is 13.3. The van der Waals surface area contributed by atoms with E-state index >= 15 is 0 Å². The Morgan fingerprint density at radius 3 is 2.51 bits per heavy atom. The molecule has 224 valence electrons. The van der Waals surface area contributed by atoms with Gasteiger partial charge in [0.05, 0.1) is 18.1 Å². The third-order valence-corrected chi connectivity index (χ3v) is 10.0. The summed E-state index contributed by atoms with van der Waals surface area (Å²) in [6, 6.07) is -1.31. The van der Waals surface area contributed by atoms with E-state index < -0.39 is 42.1 Å². The van der Waals surface area contributed by atoms with Gasteiger partial charge in [-0.2, -0.15) is 16.8 Å². The number of ether oxygens (including phenoxy) is 2. The number of nitrogens with two attached hydrogens (primary N) is 1. The highest BCUT2D eigenvalue weighted by atomic mass is 32.2. The van der Waals surface area contributed by atoms with Crippen molar-refractivity contribution in [3.05, 3.63) is 35.9 Å². The third-order valence-electron chi connectivity index (χ3n) is 7.59. The molecule has 0 saturated carbocycles. The van der Waals surface area contributed by atoms with Gasteiger partial charge >= 0.3 is 12.1 Å². The molecule has 41 heavy (non-hydrogen) atoms. The smallest absolute Gasteiger partial charge is 0.410 e. The molecule has 0 unspecified atom stereocenters. The van der Waals surface area contributed by atoms with Crippen molar-refractivity contribution in [1.82, 2.24) is 14.7 Å². The summed E-state index contributed by atoms with van der Waals surface area (Å²) < 4.78 is 10.6. The lowest BCUT2D eigenvalue weighted by Gasteiger charge is -2.46. The van der Waals surface area contributed by atoms with Crippen molar-refractivity contribution < 1.29 is 33.8 Å². The maximum atomic E-state index is 13.3. The number of rotatable bonds is 9. The number of β-lactam (4-membered cyclic amide) rings is 1. The normalized spacial score (nSPS) is 28.7. The summed E-state index contributed by atoms with van der Waals surface area (Å²) >= 11 is 3.13. The number of carbonyl (C=O) groups excluding carboxylic acids is 4. The van der Waals surface area contributed by atoms with Crippen LogP contribution >= 0.6 is 23.5 Å². The summed E-state index contributed by atoms with van der Waals surface area (Å²) in [7, 11) is 0. The predicted octanol–water partition coefficient (Wildman–Crippen LogP) is 1.17. The number of likely N-dealkylation sites (tertiary alicyclic amines) is 1. The van der Waals surface area contributed by atoms with Crippen molar-refractivity contribution in [2.75, 3.05) is 44.4 Å². The Morgan fingerprint density at radius 2 is 1.88 bits per heavy atom. The van der Waals surface area contributed by atoms with Gasteiger partial charge in [0.15, 0.2) is 5.96 Å². The monoisotopic (exact) mass is 607 g/mol. The van der Waals surface area contributed by atoms with E-state index in [2.05, 4.69) is 18.2 Å². The second-order valence-corrected chi connectivity index (χ2v) is 12.8. The molecule has 12 nitrogen and oxygen atoms in total. The largest absolute Gasteiger partial charge is 0.457 e. The van der Waals surface area contributed by atoms with Crippen LogP contribution in [0, 0.1) is 11.8 Å². The minimum absolute atomic E-state index is 0.0220. The fourth-order valence-electron chi connectivity index (χ4n) is 5.63. The number of esters is 1. The number of carbonyl (C=O) groups is 4. The van der Waals surface area contributed by atoms with Crippen LogP contribution in [0.15, 0.2) is 40.9 Å². The Labute approximate surface area is 248 Å². The number of guanidine groups is 1. The molecule has 0 aromatic carbocycles. The molecule has 4 aliphatic rings. The molecule has 0 aliphatic carbocycles. The molecule has 4 rings (SSSR count). The van der Waals surface area contributed by atoms with Gasteiger partial charge in [0, 0.05) is 47.2 Å². The lowest BCUT2D eigenvalue weighted by Crippen LogP contribution is -2.63. The van der Waals surface area contributed by atoms with Gasteiger partial charge in [-0.05, 0) is 13.3 Å². The second kappa shape index (κ2) is 13.3. The minimum Gasteiger partial charge on any atom is -0.457 e. The standard InChI is InChI=1S/C27H37N5O7S2/c1-5-9-38-25(36)21-22(15(3)20-19(16(4)33)24(35)32(20)21)41-17-13-18(31(14-17)27(37)39-10-6-2)23(34)29-26(28)30-7-11-40-12-8-30/h5-6,15-20,33H,1-2,7-14H2,3-4H3,(H2,28,29,34)/t15-,16-,17+,18+,19-,20-/m1/s1. The Balaban J connectivity index is 1.59. The van der Waals surface area contributed by atoms with Crippen LogP contribution in [0.3, 0.4) is 0 Å². The Morgan fingerprint density at radius 1 is 1.22 bits per heavy atom. The van der Waals surface area contributed by atoms with Gasteiger partial charge in [-0.1, -0.05) is 32.2 Å². The number of nitrogens with zero attached hydrogens (tertiary/aromatic N) is 4. The van der Waals surface area contributed by atoms with Crippen molar-refractivity contribution in [2.45, 2.75) is 43.7 Å². The molecule has 4 heterocycles. The first-order valence-electron chi connectivity index (χ1n) is 13.6. The first-order chi connectivity index (χ1) is 19.6. The van der Waals surface area contributed by atoms with E-state index in [9.17, 15) is 24.3 Å². The van der Waals surface area contributed by atoms with E-state index in [4.69, 9.17) is 15.2 Å². The van der Waals surface area contributed by atoms with Crippen LogP contribution in [0.25, 0.3) is 0 Å². The van der Waals surface area contributed by atoms with E-state index in [1.165, 1.54) is 33.7 Å². The number of hydrogen-bond acceptors (Lipinski definition) is 9. The summed E-state index contributed by atoms with van der Waals surface area (Å²) in [5.41, 5.74) is 6.29. The van der Waals surface area contributed by atoms with Crippen LogP contribution in [0.4, 0.5) is 4.79 Å². The highest BCUT2D eigenvalue weighted by molar-refractivity contribution is 8.03. The van der Waals surface area contributed by atoms with Crippen molar-refractivity contribution in [1.29, 1.82) is 0 Å². The first-order valence-corrected chi connectivity index (χ1v) is 15.6. The quantitative estimate of drug-likeness (QED) is 0.128. The van der Waals surface area contributed by atoms with E-state index in [1.807, 2.05) is 11.8 Å². The van der Waals surface area contributed by atoms with Crippen molar-refractivity contribution in [2.24, 2.45) is 22.6 Å². The molecule has 6 atom stereocenters. The molecule has 0 radical (unpaired) electrons. The molecule has 3 fully saturated rings. The zero-order chi connectivity index (χ0) is 29.8. The first kappa shape index (κ1) is 31.0. The fourth-order valence-corrected chi connectivity index (χ4v) is 8.06. The zero-order valence-electron chi connectivity index (χ0n) is 23.3. The average Bonchev–Trinajstić information content (AvgIpc) is 3.48. The molecule has 0 aromatic heterocycles. The molecular formula is C27H37N5O7S2. The topological polar surface area (TPSA) is 155 Å². The zero-order valence-corrected chi connectivity index (χ0v) is 24.9. The molecule has 0 bridgehead atoms. The lowest BCUT2D eigenvalue weighted by atomic mass is 9.79. The molecule has 0 aromatic rings. The van der Waals surface area contributed by atoms with Crippen molar-refractivity contribution >= 4 is 53.4 Å². The fraction of sp³-hybridized carbons (Fsp3) is 0.593. The van der Waals surface area contributed by atoms with Gasteiger partial charge in [-0.15, -0.1) is 11.8 Å². The van der Waals surface area contributed by atoms with Gasteiger partial charge in [-0.3, -0.25) is 14.5 Å². The number of amides is 3. The van der Waals surface area contributed by atoms with Crippen LogP contribution in [0.1, 0.15) is 20.3 Å². The molecule has 3 saturated heterocycles. The summed E-state index contributed by atoms with van der Waals surface area (Å²) in [6.45, 7) is 12.1. The van der Waals surface area contributed by atoms with Crippen LogP contribution < -0.4 is 5.73 Å². The maximum Gasteiger partial charge on any atom is 0.410 e. The number of fused-ring (bicyclic) bond motifs is 1. The molecule has 0 spiro atoms. The third kappa shape index (κ3) is 6.28. The molecule has 4 aliphatic heterocycles. The Bertz CT molecular complexity index is 1150. The van der Waals surface area contributed by atoms with E-state index in [0.717, 1.165) is 11.5 Å². The Hall–Kier alpha value is -2.97. The van der Waals surface area contributed by atoms with Crippen LogP contribution in [-0.4, -0.2) is 117 Å². The van der Waals surface area contributed by atoms with E-state index in [1.54, 1.807) is 18.7 Å². The Kier molecular flexibility index (Phi) is 10.1. The van der Waals surface area contributed by atoms with Gasteiger partial charge in [0.1, 0.15) is 25.0 Å². The number of aliphatic hydroxyl groups excluding tert-OH is 1. The van der Waals surface area contributed by atoms with Gasteiger partial charge in [-0.25, -0.2) is 9.59 Å². The predicted molar refractivity (Wildman–Crippen MR) is 157 cm³/mol. The van der Waals surface area contributed by atoms with Crippen LogP contribution in [0.2, 0.25) is 0 Å². The number of aliphatic imine (C=N–C) groups is 1. The van der Waals surface area contributed by atoms with E-state index in [0.29, 0.717) is 18.0 Å². The highest BCUT2D eigenvalue weighted by Crippen LogP contribution is 2.52. The van der Waals surface area contributed by atoms with E-state index in [-0.39, 0.29) is 54.9 Å². The van der Waals surface area contributed by atoms with Gasteiger partial charge in [0.2, 0.25) is 5.91 Å². The number of thioether (sulfide) groups is 2. The number of hydrogen-bond donors (Lipinski definition) is 2. The summed E-state index contributed by atoms with van der Waals surface area (Å²) in [5.74, 6) is -0.577. The summed E-state index contributed by atoms with van der Waals surface area (Å²) in [4.78, 5) is 61.7. The molecule has 3 amide bonds. The summed E-state index contributed by atoms with van der Waals surface area (Å²) in [5, 5.41) is 9.92. The highest BCUT2D eigenvalue weighted by Gasteiger charge is 2.60. The van der Waals surface area contributed by atoms with Crippen molar-refractivity contribution in [3.8, 4) is 0 Å². The molecule has 14 heteroatoms. The van der Waals surface area contributed by atoms with Crippen LogP contribution in [0.5, 0.6) is 0 Å².